The van der Waals surface area contributed by atoms with Crippen molar-refractivity contribution in [3.05, 3.63) is 215 Å². The van der Waals surface area contributed by atoms with E-state index >= 15 is 0 Å². The highest BCUT2D eigenvalue weighted by Crippen LogP contribution is 2.47. The van der Waals surface area contributed by atoms with Gasteiger partial charge >= 0.3 is 18.5 Å². The van der Waals surface area contributed by atoms with Crippen molar-refractivity contribution < 1.29 is 39.5 Å². The van der Waals surface area contributed by atoms with Crippen molar-refractivity contribution >= 4 is 43.6 Å². The summed E-state index contributed by atoms with van der Waals surface area (Å²) in [5.41, 5.74) is 6.03. The maximum absolute atomic E-state index is 15.0. The summed E-state index contributed by atoms with van der Waals surface area (Å²) in [5, 5.41) is 13.4. The average molecular weight is 984 g/mol. The Bertz CT molecular complexity index is 4100. The van der Waals surface area contributed by atoms with E-state index in [1.54, 1.807) is 87.5 Å². The van der Waals surface area contributed by atoms with Gasteiger partial charge in [0, 0.05) is 32.7 Å². The minimum Gasteiger partial charge on any atom is -0.309 e. The average Bonchev–Trinajstić information content (AvgIpc) is 3.87. The highest BCUT2D eigenvalue weighted by Gasteiger charge is 2.35. The monoisotopic (exact) mass is 983 g/mol. The van der Waals surface area contributed by atoms with E-state index in [4.69, 9.17) is 0 Å². The third-order valence-electron chi connectivity index (χ3n) is 13.6. The standard InChI is InChI=1S/C61H38F9N3/c1-34-23-41(28-43(25-34)59(62,63)64)38-16-20-54-48(30-38)45-10-4-6-13-52(45)72(54)55-22-18-40(58-36(3)9-8-12-51(58)61(68,69)70)32-50(55)47-19-15-37(33-71)27-57(47)73-53-14-7-5-11-46(53)49-31-39(17-21-56(49)73)42-24-35(2)26-44(29-42)60(65,66)67/h4-32H,1-3H3. The molecule has 0 aliphatic carbocycles. The second-order valence-electron chi connectivity index (χ2n) is 18.4. The highest BCUT2D eigenvalue weighted by molar-refractivity contribution is 6.13. The summed E-state index contributed by atoms with van der Waals surface area (Å²) in [6.07, 6.45) is -13.8. The molecule has 0 amide bonds. The lowest BCUT2D eigenvalue weighted by atomic mass is 9.90. The largest absolute Gasteiger partial charge is 0.417 e. The van der Waals surface area contributed by atoms with E-state index in [0.29, 0.717) is 94.3 Å². The number of nitrogens with zero attached hydrogens (tertiary/aromatic N) is 3. The Morgan fingerprint density at radius 2 is 0.890 bits per heavy atom. The van der Waals surface area contributed by atoms with Crippen LogP contribution >= 0.6 is 0 Å². The summed E-state index contributed by atoms with van der Waals surface area (Å²) in [6, 6.07) is 50.2. The molecule has 0 aliphatic rings. The van der Waals surface area contributed by atoms with Crippen LogP contribution in [0.15, 0.2) is 176 Å². The number of aryl methyl sites for hydroxylation is 3. The smallest absolute Gasteiger partial charge is 0.309 e. The van der Waals surface area contributed by atoms with E-state index in [-0.39, 0.29) is 16.7 Å². The molecule has 0 radical (unpaired) electrons. The molecule has 0 atom stereocenters. The summed E-state index contributed by atoms with van der Waals surface area (Å²) in [4.78, 5) is 0. The van der Waals surface area contributed by atoms with Crippen LogP contribution in [-0.4, -0.2) is 9.13 Å². The molecule has 11 aromatic rings. The highest BCUT2D eigenvalue weighted by atomic mass is 19.4. The molecule has 0 fully saturated rings. The van der Waals surface area contributed by atoms with Gasteiger partial charge in [-0.2, -0.15) is 44.8 Å². The van der Waals surface area contributed by atoms with Crippen LogP contribution in [0.4, 0.5) is 39.5 Å². The van der Waals surface area contributed by atoms with Gasteiger partial charge in [-0.1, -0.05) is 84.9 Å². The van der Waals surface area contributed by atoms with Gasteiger partial charge < -0.3 is 9.13 Å². The Labute approximate surface area is 412 Å². The lowest BCUT2D eigenvalue weighted by Crippen LogP contribution is -2.08. The zero-order chi connectivity index (χ0) is 51.3. The van der Waals surface area contributed by atoms with Crippen molar-refractivity contribution in [2.45, 2.75) is 39.3 Å². The summed E-state index contributed by atoms with van der Waals surface area (Å²) in [7, 11) is 0. The SMILES string of the molecule is Cc1cc(-c2ccc3c(c2)c2ccccc2n3-c2ccc(-c3c(C)cccc3C(F)(F)F)cc2-c2ccc(C#N)cc2-n2c3ccccc3c3cc(-c4cc(C)cc(C(F)(F)F)c4)ccc32)cc(C(F)(F)F)c1. The molecule has 0 saturated carbocycles. The number of fused-ring (bicyclic) bond motifs is 6. The molecule has 0 unspecified atom stereocenters. The molecule has 2 heterocycles. The van der Waals surface area contributed by atoms with Crippen molar-refractivity contribution in [1.29, 1.82) is 5.26 Å². The topological polar surface area (TPSA) is 33.6 Å². The fourth-order valence-corrected chi connectivity index (χ4v) is 10.5. The Hall–Kier alpha value is -8.56. The Balaban J connectivity index is 1.21. The summed E-state index contributed by atoms with van der Waals surface area (Å²) in [5.74, 6) is 0. The number of para-hydroxylation sites is 2. The zero-order valence-electron chi connectivity index (χ0n) is 39.0. The molecule has 2 aromatic heterocycles. The fraction of sp³-hybridized carbons (Fsp3) is 0.0984. The quantitative estimate of drug-likeness (QED) is 0.153. The molecule has 3 nitrogen and oxygen atoms in total. The van der Waals surface area contributed by atoms with Gasteiger partial charge in [0.2, 0.25) is 0 Å². The lowest BCUT2D eigenvalue weighted by molar-refractivity contribution is -0.138. The molecule has 73 heavy (non-hydrogen) atoms. The van der Waals surface area contributed by atoms with Crippen LogP contribution in [0.3, 0.4) is 0 Å². The van der Waals surface area contributed by atoms with Crippen LogP contribution in [0.1, 0.15) is 38.9 Å². The number of halogens is 9. The molecular formula is C61H38F9N3. The molecule has 9 aromatic carbocycles. The van der Waals surface area contributed by atoms with Crippen LogP contribution in [0.5, 0.6) is 0 Å². The fourth-order valence-electron chi connectivity index (χ4n) is 10.5. The molecule has 0 bridgehead atoms. The van der Waals surface area contributed by atoms with Crippen molar-refractivity contribution in [2.75, 3.05) is 0 Å². The van der Waals surface area contributed by atoms with Gasteiger partial charge in [-0.3, -0.25) is 0 Å². The Kier molecular flexibility index (Phi) is 10.9. The zero-order valence-corrected chi connectivity index (χ0v) is 39.0. The van der Waals surface area contributed by atoms with Crippen molar-refractivity contribution in [2.24, 2.45) is 0 Å². The Morgan fingerprint density at radius 3 is 1.41 bits per heavy atom. The lowest BCUT2D eigenvalue weighted by Gasteiger charge is -2.21. The van der Waals surface area contributed by atoms with E-state index in [1.807, 2.05) is 81.9 Å². The maximum atomic E-state index is 15.0. The summed E-state index contributed by atoms with van der Waals surface area (Å²) in [6.45, 7) is 4.84. The van der Waals surface area contributed by atoms with E-state index < -0.39 is 35.2 Å². The van der Waals surface area contributed by atoms with Gasteiger partial charge in [-0.15, -0.1) is 0 Å². The van der Waals surface area contributed by atoms with Crippen molar-refractivity contribution in [1.82, 2.24) is 9.13 Å². The van der Waals surface area contributed by atoms with E-state index in [9.17, 15) is 44.8 Å². The van der Waals surface area contributed by atoms with Gasteiger partial charge in [0.25, 0.3) is 0 Å². The third kappa shape index (κ3) is 8.15. The molecule has 12 heteroatoms. The number of nitriles is 1. The van der Waals surface area contributed by atoms with Crippen LogP contribution in [-0.2, 0) is 18.5 Å². The first-order chi connectivity index (χ1) is 34.8. The van der Waals surface area contributed by atoms with Crippen LogP contribution < -0.4 is 0 Å². The van der Waals surface area contributed by atoms with Crippen LogP contribution in [0.2, 0.25) is 0 Å². The normalized spacial score (nSPS) is 12.4. The number of rotatable bonds is 6. The molecule has 11 rings (SSSR count). The Morgan fingerprint density at radius 1 is 0.384 bits per heavy atom. The summed E-state index contributed by atoms with van der Waals surface area (Å²) < 4.78 is 133. The van der Waals surface area contributed by atoms with Gasteiger partial charge in [0.15, 0.2) is 0 Å². The second kappa shape index (κ2) is 17.1. The van der Waals surface area contributed by atoms with E-state index in [0.717, 1.165) is 41.1 Å². The predicted molar refractivity (Wildman–Crippen MR) is 271 cm³/mol. The molecular weight excluding hydrogens is 946 g/mol. The molecule has 0 aliphatic heterocycles. The van der Waals surface area contributed by atoms with E-state index in [1.165, 1.54) is 6.07 Å². The third-order valence-corrected chi connectivity index (χ3v) is 13.6. The first-order valence-corrected chi connectivity index (χ1v) is 23.1. The number of aromatic nitrogens is 2. The first kappa shape index (κ1) is 46.8. The van der Waals surface area contributed by atoms with Gasteiger partial charge in [0.05, 0.1) is 61.8 Å². The van der Waals surface area contributed by atoms with Crippen molar-refractivity contribution in [3.63, 3.8) is 0 Å². The number of hydrogen-bond donors (Lipinski definition) is 0. The molecule has 0 N–H and O–H groups in total. The number of hydrogen-bond acceptors (Lipinski definition) is 1. The number of alkyl halides is 9. The maximum Gasteiger partial charge on any atom is 0.417 e. The minimum absolute atomic E-state index is 0.0181. The van der Waals surface area contributed by atoms with Crippen LogP contribution in [0.25, 0.3) is 99.5 Å². The summed E-state index contributed by atoms with van der Waals surface area (Å²) >= 11 is 0. The van der Waals surface area contributed by atoms with Gasteiger partial charge in [-0.05, 0) is 162 Å². The minimum atomic E-state index is -4.71. The van der Waals surface area contributed by atoms with Crippen molar-refractivity contribution in [3.8, 4) is 62.0 Å². The predicted octanol–water partition coefficient (Wildman–Crippen LogP) is 18.4. The van der Waals surface area contributed by atoms with Gasteiger partial charge in [-0.25, -0.2) is 0 Å². The van der Waals surface area contributed by atoms with E-state index in [2.05, 4.69) is 6.07 Å². The molecule has 0 saturated heterocycles. The molecule has 360 valence electrons. The second-order valence-corrected chi connectivity index (χ2v) is 18.4. The molecule has 0 spiro atoms. The van der Waals surface area contributed by atoms with Gasteiger partial charge in [0.1, 0.15) is 0 Å². The number of benzene rings is 9. The van der Waals surface area contributed by atoms with Crippen LogP contribution in [0, 0.1) is 32.1 Å². The first-order valence-electron chi connectivity index (χ1n) is 23.1.